The van der Waals surface area contributed by atoms with E-state index in [1.54, 1.807) is 6.07 Å². The summed E-state index contributed by atoms with van der Waals surface area (Å²) in [5, 5.41) is 20.1. The molecule has 0 bridgehead atoms. The third kappa shape index (κ3) is 3.88. The maximum absolute atomic E-state index is 11.5. The summed E-state index contributed by atoms with van der Waals surface area (Å²) in [7, 11) is 0. The lowest BCUT2D eigenvalue weighted by Gasteiger charge is -2.43. The highest BCUT2D eigenvalue weighted by Gasteiger charge is 2.35. The van der Waals surface area contributed by atoms with Gasteiger partial charge in [-0.1, -0.05) is 0 Å². The van der Waals surface area contributed by atoms with Crippen molar-refractivity contribution in [3.63, 3.8) is 0 Å². The Kier molecular flexibility index (Phi) is 4.72. The summed E-state index contributed by atoms with van der Waals surface area (Å²) >= 11 is 0. The van der Waals surface area contributed by atoms with Crippen molar-refractivity contribution in [3.8, 4) is 0 Å². The summed E-state index contributed by atoms with van der Waals surface area (Å²) in [5.74, 6) is -0.173. The normalized spacial score (nSPS) is 16.2. The third-order valence-electron chi connectivity index (χ3n) is 4.04. The minimum atomic E-state index is -0.895. The lowest BCUT2D eigenvalue weighted by Crippen LogP contribution is -2.54. The Labute approximate surface area is 134 Å². The molecule has 2 heterocycles. The molecule has 126 valence electrons. The van der Waals surface area contributed by atoms with Gasteiger partial charge in [-0.15, -0.1) is 0 Å². The highest BCUT2D eigenvalue weighted by atomic mass is 16.6. The zero-order chi connectivity index (χ0) is 17.2. The van der Waals surface area contributed by atoms with E-state index in [0.29, 0.717) is 13.1 Å². The Balaban J connectivity index is 2.03. The first-order chi connectivity index (χ1) is 10.7. The second-order valence-electron chi connectivity index (χ2n) is 6.67. The molecule has 8 nitrogen and oxygen atoms in total. The monoisotopic (exact) mass is 322 g/mol. The maximum Gasteiger partial charge on any atom is 0.407 e. The number of hydrogen-bond donors (Lipinski definition) is 1. The lowest BCUT2D eigenvalue weighted by atomic mass is 9.96. The van der Waals surface area contributed by atoms with Gasteiger partial charge in [0.1, 0.15) is 0 Å². The van der Waals surface area contributed by atoms with Crippen molar-refractivity contribution >= 4 is 17.6 Å². The third-order valence-corrected chi connectivity index (χ3v) is 4.04. The molecule has 0 unspecified atom stereocenters. The largest absolute Gasteiger partial charge is 0.465 e. The Hall–Kier alpha value is -2.38. The van der Waals surface area contributed by atoms with Gasteiger partial charge in [0.05, 0.1) is 5.69 Å². The van der Waals surface area contributed by atoms with Crippen LogP contribution in [0.5, 0.6) is 0 Å². The van der Waals surface area contributed by atoms with Gasteiger partial charge < -0.3 is 25.0 Å². The number of rotatable bonds is 3. The Morgan fingerprint density at radius 1 is 1.39 bits per heavy atom. The quantitative estimate of drug-likeness (QED) is 0.678. The van der Waals surface area contributed by atoms with Crippen LogP contribution in [0.4, 0.5) is 16.3 Å². The van der Waals surface area contributed by atoms with Crippen LogP contribution < -0.4 is 4.90 Å². The molecule has 1 amide bonds. The molecule has 8 heteroatoms. The van der Waals surface area contributed by atoms with Crippen LogP contribution >= 0.6 is 0 Å². The van der Waals surface area contributed by atoms with Crippen LogP contribution in [0, 0.1) is 10.1 Å². The number of carboxylic acid groups (broad SMARTS) is 1. The van der Waals surface area contributed by atoms with Gasteiger partial charge in [-0.2, -0.15) is 0 Å². The Morgan fingerprint density at radius 2 is 2.00 bits per heavy atom. The van der Waals surface area contributed by atoms with Crippen molar-refractivity contribution in [2.45, 2.75) is 45.2 Å². The van der Waals surface area contributed by atoms with Crippen molar-refractivity contribution in [1.82, 2.24) is 9.88 Å². The molecule has 0 saturated carbocycles. The number of hydrogen-bond acceptors (Lipinski definition) is 5. The molecule has 0 spiro atoms. The molecule has 1 N–H and O–H groups in total. The van der Waals surface area contributed by atoms with Crippen LogP contribution in [0.3, 0.4) is 0 Å². The molecule has 1 aromatic rings. The van der Waals surface area contributed by atoms with E-state index in [2.05, 4.69) is 9.88 Å². The highest BCUT2D eigenvalue weighted by molar-refractivity contribution is 5.66. The van der Waals surface area contributed by atoms with Crippen LogP contribution in [-0.4, -0.2) is 50.7 Å². The molecule has 2 rings (SSSR count). The molecule has 0 atom stereocenters. The minimum Gasteiger partial charge on any atom is -0.465 e. The van der Waals surface area contributed by atoms with Crippen molar-refractivity contribution in [2.24, 2.45) is 0 Å². The van der Waals surface area contributed by atoms with Gasteiger partial charge in [0.15, 0.2) is 6.20 Å². The van der Waals surface area contributed by atoms with Crippen LogP contribution in [0.15, 0.2) is 18.3 Å². The molecule has 1 fully saturated rings. The first kappa shape index (κ1) is 17.0. The first-order valence-corrected chi connectivity index (χ1v) is 7.58. The van der Waals surface area contributed by atoms with E-state index < -0.39 is 16.6 Å². The number of nitrogens with zero attached hydrogens (tertiary/aromatic N) is 4. The fraction of sp³-hybridized carbons (Fsp3) is 0.600. The Bertz CT molecular complexity index is 574. The van der Waals surface area contributed by atoms with Gasteiger partial charge in [-0.25, -0.2) is 4.79 Å². The first-order valence-electron chi connectivity index (χ1n) is 7.58. The van der Waals surface area contributed by atoms with E-state index in [4.69, 9.17) is 0 Å². The Morgan fingerprint density at radius 3 is 2.39 bits per heavy atom. The fourth-order valence-corrected chi connectivity index (χ4v) is 3.05. The number of aromatic nitrogens is 1. The summed E-state index contributed by atoms with van der Waals surface area (Å²) in [6.07, 6.45) is 2.05. The second-order valence-corrected chi connectivity index (χ2v) is 6.67. The van der Waals surface area contributed by atoms with Crippen LogP contribution in [0.1, 0.15) is 33.6 Å². The zero-order valence-corrected chi connectivity index (χ0v) is 13.6. The van der Waals surface area contributed by atoms with Crippen molar-refractivity contribution in [2.75, 3.05) is 18.0 Å². The number of anilines is 1. The van der Waals surface area contributed by atoms with Gasteiger partial charge in [0.25, 0.3) is 0 Å². The van der Waals surface area contributed by atoms with Crippen LogP contribution in [0.2, 0.25) is 0 Å². The molecular formula is C15H22N4O4. The maximum atomic E-state index is 11.5. The smallest absolute Gasteiger partial charge is 0.407 e. The van der Waals surface area contributed by atoms with Crippen molar-refractivity contribution in [1.29, 1.82) is 0 Å². The number of carbonyl (C=O) groups is 1. The van der Waals surface area contributed by atoms with Gasteiger partial charge in [0.2, 0.25) is 0 Å². The van der Waals surface area contributed by atoms with E-state index in [0.717, 1.165) is 18.5 Å². The summed E-state index contributed by atoms with van der Waals surface area (Å²) in [4.78, 5) is 29.1. The van der Waals surface area contributed by atoms with Crippen molar-refractivity contribution in [3.05, 3.63) is 28.4 Å². The van der Waals surface area contributed by atoms with Gasteiger partial charge >= 0.3 is 11.9 Å². The van der Waals surface area contributed by atoms with E-state index in [9.17, 15) is 20.0 Å². The molecular weight excluding hydrogens is 300 g/mol. The van der Waals surface area contributed by atoms with E-state index in [1.165, 1.54) is 17.2 Å². The molecule has 0 aromatic carbocycles. The predicted molar refractivity (Wildman–Crippen MR) is 85.7 cm³/mol. The number of amides is 1. The summed E-state index contributed by atoms with van der Waals surface area (Å²) in [6.45, 7) is 7.09. The average molecular weight is 322 g/mol. The average Bonchev–Trinajstić information content (AvgIpc) is 2.46. The molecule has 1 aromatic heterocycles. The number of pyridine rings is 1. The number of piperidine rings is 1. The molecule has 1 aliphatic rings. The predicted octanol–water partition coefficient (Wildman–Crippen LogP) is 2.74. The van der Waals surface area contributed by atoms with Crippen LogP contribution in [-0.2, 0) is 0 Å². The number of nitro groups is 1. The van der Waals surface area contributed by atoms with Gasteiger partial charge in [-0.05, 0) is 49.6 Å². The summed E-state index contributed by atoms with van der Waals surface area (Å²) < 4.78 is 0. The SMILES string of the molecule is CC(C)(C)N(C(=O)O)C1CCN(c2ccc([N+](=O)[O-])nc2)CC1. The van der Waals surface area contributed by atoms with Crippen LogP contribution in [0.25, 0.3) is 0 Å². The second kappa shape index (κ2) is 6.39. The topological polar surface area (TPSA) is 99.8 Å². The minimum absolute atomic E-state index is 0.0187. The molecule has 0 radical (unpaired) electrons. The molecule has 1 aliphatic heterocycles. The summed E-state index contributed by atoms with van der Waals surface area (Å²) in [6, 6.07) is 3.05. The van der Waals surface area contributed by atoms with Crippen molar-refractivity contribution < 1.29 is 14.8 Å². The van der Waals surface area contributed by atoms with Gasteiger partial charge in [-0.3, -0.25) is 0 Å². The van der Waals surface area contributed by atoms with E-state index in [1.807, 2.05) is 20.8 Å². The molecule has 1 saturated heterocycles. The summed E-state index contributed by atoms with van der Waals surface area (Å²) in [5.41, 5.74) is 0.389. The standard InChI is InChI=1S/C15H22N4O4/c1-15(2,3)18(14(20)21)11-6-8-17(9-7-11)12-4-5-13(16-10-12)19(22)23/h4-5,10-11H,6-9H2,1-3H3,(H,20,21). The fourth-order valence-electron chi connectivity index (χ4n) is 3.05. The van der Waals surface area contributed by atoms with E-state index in [-0.39, 0.29) is 11.9 Å². The lowest BCUT2D eigenvalue weighted by molar-refractivity contribution is -0.389. The molecule has 0 aliphatic carbocycles. The van der Waals surface area contributed by atoms with Gasteiger partial charge in [0, 0.05) is 30.7 Å². The molecule has 23 heavy (non-hydrogen) atoms. The zero-order valence-electron chi connectivity index (χ0n) is 13.6. The highest BCUT2D eigenvalue weighted by Crippen LogP contribution is 2.27. The van der Waals surface area contributed by atoms with E-state index >= 15 is 0 Å².